The van der Waals surface area contributed by atoms with Crippen LogP contribution in [-0.4, -0.2) is 14.4 Å². The molecule has 0 aliphatic carbocycles. The zero-order valence-electron chi connectivity index (χ0n) is 5.27. The van der Waals surface area contributed by atoms with E-state index < -0.39 is 0 Å². The standard InChI is InChI=1S/C5H3N3OS2/c9-4-6-3(10)7-5-8(4)1-2-11-5/h1-2H,(H,6,9,10). The topological polar surface area (TPSA) is 50.2 Å². The van der Waals surface area contributed by atoms with Gasteiger partial charge in [0, 0.05) is 11.6 Å². The number of fused-ring (bicyclic) bond motifs is 1. The second kappa shape index (κ2) is 2.24. The average Bonchev–Trinajstić information content (AvgIpc) is 2.34. The third-order valence-electron chi connectivity index (χ3n) is 1.22. The first-order valence-electron chi connectivity index (χ1n) is 2.83. The lowest BCUT2D eigenvalue weighted by molar-refractivity contribution is 0.946. The van der Waals surface area contributed by atoms with Gasteiger partial charge in [-0.1, -0.05) is 0 Å². The largest absolute Gasteiger partial charge is 0.334 e. The molecule has 0 aliphatic heterocycles. The summed E-state index contributed by atoms with van der Waals surface area (Å²) in [5, 5.41) is 1.78. The molecule has 0 aromatic carbocycles. The van der Waals surface area contributed by atoms with E-state index in [1.165, 1.54) is 15.7 Å². The van der Waals surface area contributed by atoms with Crippen molar-refractivity contribution in [3.8, 4) is 0 Å². The van der Waals surface area contributed by atoms with Crippen molar-refractivity contribution >= 4 is 28.5 Å². The molecule has 2 rings (SSSR count). The predicted octanol–water partition coefficient (Wildman–Crippen LogP) is 0.814. The van der Waals surface area contributed by atoms with Gasteiger partial charge >= 0.3 is 5.69 Å². The normalized spacial score (nSPS) is 10.5. The first-order valence-corrected chi connectivity index (χ1v) is 4.12. The maximum Gasteiger partial charge on any atom is 0.334 e. The van der Waals surface area contributed by atoms with Crippen LogP contribution < -0.4 is 5.69 Å². The number of aromatic amines is 1. The van der Waals surface area contributed by atoms with E-state index in [9.17, 15) is 4.79 Å². The number of H-pyrrole nitrogens is 1. The van der Waals surface area contributed by atoms with Gasteiger partial charge in [-0.15, -0.1) is 11.3 Å². The molecule has 0 saturated carbocycles. The lowest BCUT2D eigenvalue weighted by Gasteiger charge is -1.87. The smallest absolute Gasteiger partial charge is 0.282 e. The molecule has 56 valence electrons. The Morgan fingerprint density at radius 1 is 1.73 bits per heavy atom. The van der Waals surface area contributed by atoms with Crippen LogP contribution in [0.25, 0.3) is 4.96 Å². The molecule has 0 amide bonds. The van der Waals surface area contributed by atoms with Crippen molar-refractivity contribution in [1.82, 2.24) is 14.4 Å². The van der Waals surface area contributed by atoms with Crippen molar-refractivity contribution in [3.63, 3.8) is 0 Å². The quantitative estimate of drug-likeness (QED) is 0.618. The van der Waals surface area contributed by atoms with Crippen molar-refractivity contribution in [2.24, 2.45) is 0 Å². The van der Waals surface area contributed by atoms with Crippen molar-refractivity contribution in [3.05, 3.63) is 26.8 Å². The number of hydrogen-bond donors (Lipinski definition) is 1. The highest BCUT2D eigenvalue weighted by Crippen LogP contribution is 2.03. The highest BCUT2D eigenvalue weighted by molar-refractivity contribution is 7.71. The molecule has 0 spiro atoms. The fourth-order valence-electron chi connectivity index (χ4n) is 0.774. The summed E-state index contributed by atoms with van der Waals surface area (Å²) in [7, 11) is 0. The summed E-state index contributed by atoms with van der Waals surface area (Å²) in [4.78, 5) is 18.0. The van der Waals surface area contributed by atoms with Crippen molar-refractivity contribution in [2.45, 2.75) is 0 Å². The zero-order chi connectivity index (χ0) is 7.84. The van der Waals surface area contributed by atoms with Crippen LogP contribution in [0.5, 0.6) is 0 Å². The summed E-state index contributed by atoms with van der Waals surface area (Å²) < 4.78 is 1.65. The number of aromatic nitrogens is 3. The Bertz CT molecular complexity index is 494. The fraction of sp³-hybridized carbons (Fsp3) is 0. The number of hydrogen-bond acceptors (Lipinski definition) is 4. The highest BCUT2D eigenvalue weighted by atomic mass is 32.1. The summed E-state index contributed by atoms with van der Waals surface area (Å²) in [6.45, 7) is 0. The minimum atomic E-state index is -0.235. The summed E-state index contributed by atoms with van der Waals surface area (Å²) in [6.07, 6.45) is 1.65. The summed E-state index contributed by atoms with van der Waals surface area (Å²) in [5.41, 5.74) is -0.235. The van der Waals surface area contributed by atoms with Gasteiger partial charge in [0.15, 0.2) is 4.96 Å². The first kappa shape index (κ1) is 6.68. The number of nitrogens with zero attached hydrogens (tertiary/aromatic N) is 2. The molecule has 0 bridgehead atoms. The molecule has 0 radical (unpaired) electrons. The molecule has 0 fully saturated rings. The highest BCUT2D eigenvalue weighted by Gasteiger charge is 1.96. The van der Waals surface area contributed by atoms with Crippen molar-refractivity contribution < 1.29 is 0 Å². The Morgan fingerprint density at radius 2 is 2.55 bits per heavy atom. The number of nitrogens with one attached hydrogen (secondary N) is 1. The molecule has 11 heavy (non-hydrogen) atoms. The molecule has 0 atom stereocenters. The molecule has 2 aromatic heterocycles. The molecule has 0 unspecified atom stereocenters. The van der Waals surface area contributed by atoms with E-state index in [2.05, 4.69) is 9.97 Å². The van der Waals surface area contributed by atoms with Gasteiger partial charge in [-0.05, 0) is 12.2 Å². The van der Waals surface area contributed by atoms with Crippen LogP contribution in [0.2, 0.25) is 0 Å². The summed E-state index contributed by atoms with van der Waals surface area (Å²) in [5.74, 6) is 0. The average molecular weight is 185 g/mol. The van der Waals surface area contributed by atoms with Gasteiger partial charge in [-0.2, -0.15) is 4.98 Å². The van der Waals surface area contributed by atoms with E-state index in [1.807, 2.05) is 0 Å². The van der Waals surface area contributed by atoms with Gasteiger partial charge in [0.25, 0.3) is 0 Å². The van der Waals surface area contributed by atoms with Crippen LogP contribution in [0.15, 0.2) is 16.4 Å². The molecule has 4 nitrogen and oxygen atoms in total. The Labute approximate surface area is 70.2 Å². The number of rotatable bonds is 0. The summed E-state index contributed by atoms with van der Waals surface area (Å²) in [6, 6.07) is 0. The Hall–Kier alpha value is -1.01. The van der Waals surface area contributed by atoms with E-state index >= 15 is 0 Å². The van der Waals surface area contributed by atoms with E-state index in [-0.39, 0.29) is 10.5 Å². The van der Waals surface area contributed by atoms with Crippen LogP contribution >= 0.6 is 23.6 Å². The minimum Gasteiger partial charge on any atom is -0.282 e. The van der Waals surface area contributed by atoms with E-state index in [0.717, 1.165) is 0 Å². The zero-order valence-corrected chi connectivity index (χ0v) is 6.91. The van der Waals surface area contributed by atoms with Gasteiger partial charge in [-0.3, -0.25) is 4.98 Å². The second-order valence-electron chi connectivity index (χ2n) is 1.90. The van der Waals surface area contributed by atoms with Gasteiger partial charge in [-0.25, -0.2) is 9.20 Å². The minimum absolute atomic E-state index is 0.234. The van der Waals surface area contributed by atoms with Crippen LogP contribution in [-0.2, 0) is 0 Å². The number of thiazole rings is 1. The van der Waals surface area contributed by atoms with E-state index in [1.54, 1.807) is 11.6 Å². The molecular weight excluding hydrogens is 182 g/mol. The molecule has 2 aromatic rings. The van der Waals surface area contributed by atoms with Crippen molar-refractivity contribution in [1.29, 1.82) is 0 Å². The van der Waals surface area contributed by atoms with Gasteiger partial charge < -0.3 is 0 Å². The Kier molecular flexibility index (Phi) is 1.36. The van der Waals surface area contributed by atoms with Crippen LogP contribution in [0, 0.1) is 4.77 Å². The molecule has 0 saturated heterocycles. The fourth-order valence-corrected chi connectivity index (χ4v) is 1.71. The Balaban J connectivity index is 3.15. The third-order valence-corrected chi connectivity index (χ3v) is 2.17. The van der Waals surface area contributed by atoms with Gasteiger partial charge in [0.2, 0.25) is 4.77 Å². The molecular formula is C5H3N3OS2. The van der Waals surface area contributed by atoms with Crippen LogP contribution in [0.4, 0.5) is 0 Å². The molecule has 6 heteroatoms. The lowest BCUT2D eigenvalue weighted by atomic mass is 10.9. The van der Waals surface area contributed by atoms with Gasteiger partial charge in [0.1, 0.15) is 0 Å². The predicted molar refractivity (Wildman–Crippen MR) is 44.5 cm³/mol. The Morgan fingerprint density at radius 3 is 3.36 bits per heavy atom. The second-order valence-corrected chi connectivity index (χ2v) is 3.16. The van der Waals surface area contributed by atoms with E-state index in [4.69, 9.17) is 12.2 Å². The van der Waals surface area contributed by atoms with Gasteiger partial charge in [0.05, 0.1) is 0 Å². The van der Waals surface area contributed by atoms with Crippen molar-refractivity contribution in [2.75, 3.05) is 0 Å². The van der Waals surface area contributed by atoms with E-state index in [0.29, 0.717) is 4.96 Å². The molecule has 0 aliphatic rings. The third kappa shape index (κ3) is 0.997. The summed E-state index contributed by atoms with van der Waals surface area (Å²) >= 11 is 6.10. The van der Waals surface area contributed by atoms with Crippen LogP contribution in [0.1, 0.15) is 0 Å². The SMILES string of the molecule is O=c1[nH]c(=S)nc2sccn12. The molecule has 2 heterocycles. The maximum absolute atomic E-state index is 11.1. The van der Waals surface area contributed by atoms with Crippen LogP contribution in [0.3, 0.4) is 0 Å². The monoisotopic (exact) mass is 185 g/mol. The first-order chi connectivity index (χ1) is 5.27. The maximum atomic E-state index is 11.1. The molecule has 1 N–H and O–H groups in total. The lowest BCUT2D eigenvalue weighted by Crippen LogP contribution is -2.15.